The van der Waals surface area contributed by atoms with Crippen LogP contribution in [0.15, 0.2) is 29.3 Å². The van der Waals surface area contributed by atoms with Crippen molar-refractivity contribution < 1.29 is 14.2 Å². The summed E-state index contributed by atoms with van der Waals surface area (Å²) < 4.78 is 19.2. The Hall–Kier alpha value is -1.09. The Bertz CT molecular complexity index is 538. The molecule has 0 aliphatic heterocycles. The van der Waals surface area contributed by atoms with Crippen LogP contribution in [-0.4, -0.2) is 43.4 Å². The Labute approximate surface area is 160 Å². The van der Waals surface area contributed by atoms with E-state index in [0.29, 0.717) is 19.0 Å². The predicted octanol–water partition coefficient (Wildman–Crippen LogP) is 2.54. The van der Waals surface area contributed by atoms with Crippen LogP contribution >= 0.6 is 24.0 Å². The van der Waals surface area contributed by atoms with E-state index >= 15 is 0 Å². The topological polar surface area (TPSA) is 65.9 Å². The predicted molar refractivity (Wildman–Crippen MR) is 105 cm³/mol. The molecule has 0 heterocycles. The summed E-state index contributed by atoms with van der Waals surface area (Å²) in [6.45, 7) is 5.92. The Morgan fingerprint density at radius 2 is 2.08 bits per heavy atom. The molecule has 5 nitrogen and oxygen atoms in total. The van der Waals surface area contributed by atoms with Gasteiger partial charge in [-0.2, -0.15) is 0 Å². The van der Waals surface area contributed by atoms with Crippen molar-refractivity contribution in [2.45, 2.75) is 32.8 Å². The zero-order chi connectivity index (χ0) is 16.7. The standard InChI is InChI=1S/C17H26FN3O2.HI/c1-3-19-16(21-11-17(12-22)8-9-17)20-10-13(2)23-15-7-5-4-6-14(15)18;/h4-7,13,22H,3,8-12H2,1-2H3,(H2,19,20,21);1H. The smallest absolute Gasteiger partial charge is 0.191 e. The van der Waals surface area contributed by atoms with Crippen LogP contribution in [0.5, 0.6) is 5.75 Å². The molecule has 1 fully saturated rings. The normalized spacial score (nSPS) is 16.8. The molecule has 1 saturated carbocycles. The van der Waals surface area contributed by atoms with E-state index in [-0.39, 0.29) is 53.7 Å². The van der Waals surface area contributed by atoms with Gasteiger partial charge in [-0.15, -0.1) is 24.0 Å². The Balaban J connectivity index is 0.00000288. The molecule has 1 atom stereocenters. The number of para-hydroxylation sites is 1. The summed E-state index contributed by atoms with van der Waals surface area (Å²) in [5.74, 6) is 0.579. The highest BCUT2D eigenvalue weighted by Gasteiger charge is 2.41. The van der Waals surface area contributed by atoms with Crippen LogP contribution in [0.25, 0.3) is 0 Å². The molecule has 1 aromatic rings. The molecule has 136 valence electrons. The lowest BCUT2D eigenvalue weighted by atomic mass is 10.1. The van der Waals surface area contributed by atoms with Crippen LogP contribution in [-0.2, 0) is 0 Å². The SMILES string of the molecule is CCNC(=NCC1(CO)CC1)NCC(C)Oc1ccccc1F.I. The van der Waals surface area contributed by atoms with Crippen LogP contribution in [0, 0.1) is 11.2 Å². The molecule has 1 unspecified atom stereocenters. The van der Waals surface area contributed by atoms with Gasteiger partial charge in [-0.3, -0.25) is 4.99 Å². The number of aliphatic hydroxyl groups excluding tert-OH is 1. The first-order valence-corrected chi connectivity index (χ1v) is 8.13. The second-order valence-corrected chi connectivity index (χ2v) is 6.09. The molecule has 0 saturated heterocycles. The van der Waals surface area contributed by atoms with Gasteiger partial charge in [0.05, 0.1) is 19.7 Å². The largest absolute Gasteiger partial charge is 0.486 e. The minimum Gasteiger partial charge on any atom is -0.486 e. The van der Waals surface area contributed by atoms with E-state index in [0.717, 1.165) is 19.4 Å². The molecular weight excluding hydrogens is 424 g/mol. The van der Waals surface area contributed by atoms with Gasteiger partial charge in [0, 0.05) is 12.0 Å². The second-order valence-electron chi connectivity index (χ2n) is 6.09. The second kappa shape index (κ2) is 10.0. The highest BCUT2D eigenvalue weighted by atomic mass is 127. The molecule has 3 N–H and O–H groups in total. The molecule has 0 bridgehead atoms. The number of hydrogen-bond donors (Lipinski definition) is 3. The maximum Gasteiger partial charge on any atom is 0.191 e. The maximum atomic E-state index is 13.6. The molecular formula is C17H27FIN3O2. The molecule has 0 spiro atoms. The van der Waals surface area contributed by atoms with Crippen molar-refractivity contribution in [2.24, 2.45) is 10.4 Å². The average molecular weight is 451 g/mol. The van der Waals surface area contributed by atoms with E-state index in [1.165, 1.54) is 6.07 Å². The third-order valence-corrected chi connectivity index (χ3v) is 3.93. The number of ether oxygens (including phenoxy) is 1. The first-order valence-electron chi connectivity index (χ1n) is 8.13. The zero-order valence-corrected chi connectivity index (χ0v) is 16.5. The summed E-state index contributed by atoms with van der Waals surface area (Å²) in [5.41, 5.74) is -0.0162. The molecule has 1 aliphatic carbocycles. The van der Waals surface area contributed by atoms with Gasteiger partial charge in [-0.1, -0.05) is 12.1 Å². The quantitative estimate of drug-likeness (QED) is 0.323. The first-order chi connectivity index (χ1) is 11.1. The van der Waals surface area contributed by atoms with Crippen molar-refractivity contribution in [1.29, 1.82) is 0 Å². The minimum absolute atomic E-state index is 0. The lowest BCUT2D eigenvalue weighted by Crippen LogP contribution is -2.42. The third kappa shape index (κ3) is 6.43. The fraction of sp³-hybridized carbons (Fsp3) is 0.588. The lowest BCUT2D eigenvalue weighted by molar-refractivity contribution is 0.212. The van der Waals surface area contributed by atoms with E-state index in [9.17, 15) is 9.50 Å². The molecule has 0 amide bonds. The van der Waals surface area contributed by atoms with Crippen molar-refractivity contribution in [3.8, 4) is 5.75 Å². The van der Waals surface area contributed by atoms with Gasteiger partial charge < -0.3 is 20.5 Å². The molecule has 24 heavy (non-hydrogen) atoms. The summed E-state index contributed by atoms with van der Waals surface area (Å²) in [4.78, 5) is 4.52. The van der Waals surface area contributed by atoms with Crippen LogP contribution in [0.2, 0.25) is 0 Å². The monoisotopic (exact) mass is 451 g/mol. The van der Waals surface area contributed by atoms with Crippen molar-refractivity contribution in [2.75, 3.05) is 26.2 Å². The number of benzene rings is 1. The minimum atomic E-state index is -0.362. The fourth-order valence-corrected chi connectivity index (χ4v) is 2.17. The highest BCUT2D eigenvalue weighted by Crippen LogP contribution is 2.45. The Morgan fingerprint density at radius 1 is 1.38 bits per heavy atom. The molecule has 7 heteroatoms. The van der Waals surface area contributed by atoms with Gasteiger partial charge in [-0.25, -0.2) is 4.39 Å². The Morgan fingerprint density at radius 3 is 2.67 bits per heavy atom. The van der Waals surface area contributed by atoms with Gasteiger partial charge in [-0.05, 0) is 38.8 Å². The average Bonchev–Trinajstić information content (AvgIpc) is 3.33. The number of halogens is 2. The highest BCUT2D eigenvalue weighted by molar-refractivity contribution is 14.0. The number of hydrogen-bond acceptors (Lipinski definition) is 3. The number of rotatable bonds is 8. The van der Waals surface area contributed by atoms with Crippen LogP contribution in [0.1, 0.15) is 26.7 Å². The van der Waals surface area contributed by atoms with E-state index in [1.54, 1.807) is 18.2 Å². The molecule has 2 rings (SSSR count). The van der Waals surface area contributed by atoms with Crippen LogP contribution < -0.4 is 15.4 Å². The number of nitrogens with zero attached hydrogens (tertiary/aromatic N) is 1. The zero-order valence-electron chi connectivity index (χ0n) is 14.2. The van der Waals surface area contributed by atoms with Crippen molar-refractivity contribution >= 4 is 29.9 Å². The van der Waals surface area contributed by atoms with Gasteiger partial charge >= 0.3 is 0 Å². The summed E-state index contributed by atoms with van der Waals surface area (Å²) in [6.07, 6.45) is 1.85. The van der Waals surface area contributed by atoms with Crippen LogP contribution in [0.4, 0.5) is 4.39 Å². The van der Waals surface area contributed by atoms with Gasteiger partial charge in [0.2, 0.25) is 0 Å². The summed E-state index contributed by atoms with van der Waals surface area (Å²) in [5, 5.41) is 15.7. The Kier molecular flexibility index (Phi) is 8.75. The molecule has 1 aliphatic rings. The molecule has 0 radical (unpaired) electrons. The molecule has 1 aromatic carbocycles. The number of nitrogens with one attached hydrogen (secondary N) is 2. The van der Waals surface area contributed by atoms with Gasteiger partial charge in [0.25, 0.3) is 0 Å². The molecule has 0 aromatic heterocycles. The van der Waals surface area contributed by atoms with Crippen molar-refractivity contribution in [3.63, 3.8) is 0 Å². The van der Waals surface area contributed by atoms with E-state index < -0.39 is 0 Å². The van der Waals surface area contributed by atoms with Crippen molar-refractivity contribution in [3.05, 3.63) is 30.1 Å². The number of aliphatic imine (C=N–C) groups is 1. The van der Waals surface area contributed by atoms with E-state index in [1.807, 2.05) is 13.8 Å². The van der Waals surface area contributed by atoms with Crippen LogP contribution in [0.3, 0.4) is 0 Å². The fourth-order valence-electron chi connectivity index (χ4n) is 2.17. The first kappa shape index (κ1) is 21.0. The third-order valence-electron chi connectivity index (χ3n) is 3.93. The van der Waals surface area contributed by atoms with Gasteiger partial charge in [0.1, 0.15) is 6.10 Å². The maximum absolute atomic E-state index is 13.6. The number of guanidine groups is 1. The summed E-state index contributed by atoms with van der Waals surface area (Å²) >= 11 is 0. The summed E-state index contributed by atoms with van der Waals surface area (Å²) in [7, 11) is 0. The lowest BCUT2D eigenvalue weighted by Gasteiger charge is -2.18. The summed E-state index contributed by atoms with van der Waals surface area (Å²) in [6, 6.07) is 6.37. The van der Waals surface area contributed by atoms with Gasteiger partial charge in [0.15, 0.2) is 17.5 Å². The number of aliphatic hydroxyl groups is 1. The van der Waals surface area contributed by atoms with E-state index in [4.69, 9.17) is 4.74 Å². The van der Waals surface area contributed by atoms with Crippen molar-refractivity contribution in [1.82, 2.24) is 10.6 Å². The van der Waals surface area contributed by atoms with E-state index in [2.05, 4.69) is 15.6 Å².